The summed E-state index contributed by atoms with van der Waals surface area (Å²) in [6.45, 7) is 1.83. The number of hydrogen-bond acceptors (Lipinski definition) is 5. The van der Waals surface area contributed by atoms with Gasteiger partial charge >= 0.3 is 0 Å². The molecule has 8 heteroatoms. The number of hydrogen-bond donors (Lipinski definition) is 1. The lowest BCUT2D eigenvalue weighted by Gasteiger charge is -2.13. The molecule has 0 fully saturated rings. The van der Waals surface area contributed by atoms with Gasteiger partial charge in [0.2, 0.25) is 0 Å². The molecule has 4 aromatic rings. The van der Waals surface area contributed by atoms with E-state index in [1.807, 2.05) is 73.7 Å². The van der Waals surface area contributed by atoms with Crippen LogP contribution in [-0.4, -0.2) is 26.9 Å². The molecule has 1 aromatic heterocycles. The van der Waals surface area contributed by atoms with Crippen LogP contribution in [0.4, 0.5) is 0 Å². The molecule has 160 valence electrons. The Morgan fingerprint density at radius 3 is 2.47 bits per heavy atom. The molecule has 1 N–H and O–H groups in total. The highest BCUT2D eigenvalue weighted by molar-refractivity contribution is 9.10. The lowest BCUT2D eigenvalue weighted by molar-refractivity contribution is -0.118. The predicted octanol–water partition coefficient (Wildman–Crippen LogP) is 4.78. The summed E-state index contributed by atoms with van der Waals surface area (Å²) in [7, 11) is 0. The summed E-state index contributed by atoms with van der Waals surface area (Å²) >= 11 is 4.59. The van der Waals surface area contributed by atoms with E-state index in [1.165, 1.54) is 16.3 Å². The van der Waals surface area contributed by atoms with Gasteiger partial charge in [0.15, 0.2) is 5.16 Å². The number of para-hydroxylation sites is 2. The predicted molar refractivity (Wildman–Crippen MR) is 133 cm³/mol. The number of carbonyl (C=O) groups excluding carboxylic acids is 1. The summed E-state index contributed by atoms with van der Waals surface area (Å²) < 4.78 is 2.51. The van der Waals surface area contributed by atoms with Crippen LogP contribution >= 0.6 is 27.7 Å². The summed E-state index contributed by atoms with van der Waals surface area (Å²) in [5.41, 5.74) is 5.30. The van der Waals surface area contributed by atoms with Crippen LogP contribution in [0.25, 0.3) is 16.6 Å². The lowest BCUT2D eigenvalue weighted by Crippen LogP contribution is -2.24. The van der Waals surface area contributed by atoms with E-state index in [2.05, 4.69) is 31.4 Å². The van der Waals surface area contributed by atoms with Crippen molar-refractivity contribution in [2.24, 2.45) is 5.10 Å². The number of fused-ring (bicyclic) bond motifs is 1. The fourth-order valence-corrected chi connectivity index (χ4v) is 4.15. The molecule has 1 amide bonds. The molecule has 0 radical (unpaired) electrons. The number of carbonyl (C=O) groups is 1. The largest absolute Gasteiger partial charge is 0.272 e. The van der Waals surface area contributed by atoms with Crippen molar-refractivity contribution in [2.75, 3.05) is 5.75 Å². The summed E-state index contributed by atoms with van der Waals surface area (Å²) in [6, 6.07) is 24.2. The smallest absolute Gasteiger partial charge is 0.266 e. The molecule has 1 heterocycles. The van der Waals surface area contributed by atoms with Crippen LogP contribution in [0.15, 0.2) is 98.4 Å². The highest BCUT2D eigenvalue weighted by Gasteiger charge is 2.14. The van der Waals surface area contributed by atoms with Crippen molar-refractivity contribution in [1.29, 1.82) is 0 Å². The molecule has 3 aromatic carbocycles. The molecule has 0 unspecified atom stereocenters. The molecule has 0 aliphatic heterocycles. The third kappa shape index (κ3) is 4.98. The SMILES string of the molecule is C/C(=N/NC(=O)CSc1nc2ccccc2c(=O)n1-c1ccccc1)c1ccc(Br)cc1. The first-order valence-electron chi connectivity index (χ1n) is 9.82. The van der Waals surface area contributed by atoms with Gasteiger partial charge in [0.1, 0.15) is 0 Å². The molecule has 0 bridgehead atoms. The van der Waals surface area contributed by atoms with Crippen molar-refractivity contribution in [3.05, 3.63) is 99.3 Å². The van der Waals surface area contributed by atoms with Crippen molar-refractivity contribution in [2.45, 2.75) is 12.1 Å². The Morgan fingerprint density at radius 1 is 1.03 bits per heavy atom. The van der Waals surface area contributed by atoms with Crippen LogP contribution in [0.3, 0.4) is 0 Å². The van der Waals surface area contributed by atoms with E-state index in [9.17, 15) is 9.59 Å². The first-order valence-corrected chi connectivity index (χ1v) is 11.6. The van der Waals surface area contributed by atoms with Gasteiger partial charge in [-0.05, 0) is 48.9 Å². The highest BCUT2D eigenvalue weighted by Crippen LogP contribution is 2.21. The van der Waals surface area contributed by atoms with E-state index >= 15 is 0 Å². The van der Waals surface area contributed by atoms with Crippen LogP contribution < -0.4 is 11.0 Å². The average Bonchev–Trinajstić information content (AvgIpc) is 2.82. The first-order chi connectivity index (χ1) is 15.5. The normalized spacial score (nSPS) is 11.5. The quantitative estimate of drug-likeness (QED) is 0.176. The van der Waals surface area contributed by atoms with Gasteiger partial charge in [-0.3, -0.25) is 14.2 Å². The second kappa shape index (κ2) is 9.93. The second-order valence-corrected chi connectivity index (χ2v) is 8.77. The summed E-state index contributed by atoms with van der Waals surface area (Å²) in [5.74, 6) is -0.220. The number of hydrazone groups is 1. The Hall–Kier alpha value is -3.23. The average molecular weight is 507 g/mol. The molecular weight excluding hydrogens is 488 g/mol. The molecule has 32 heavy (non-hydrogen) atoms. The van der Waals surface area contributed by atoms with Crippen molar-refractivity contribution in [3.63, 3.8) is 0 Å². The Balaban J connectivity index is 1.56. The maximum absolute atomic E-state index is 13.2. The standard InChI is InChI=1S/C24H19BrN4O2S/c1-16(17-11-13-18(25)14-12-17)27-28-22(30)15-32-24-26-21-10-6-5-9-20(21)23(31)29(24)19-7-3-2-4-8-19/h2-14H,15H2,1H3,(H,28,30)/b27-16-. The number of benzene rings is 3. The van der Waals surface area contributed by atoms with E-state index in [0.29, 0.717) is 27.5 Å². The van der Waals surface area contributed by atoms with E-state index in [0.717, 1.165) is 10.0 Å². The van der Waals surface area contributed by atoms with Gasteiger partial charge in [-0.25, -0.2) is 10.4 Å². The zero-order valence-corrected chi connectivity index (χ0v) is 19.6. The maximum atomic E-state index is 13.2. The zero-order chi connectivity index (χ0) is 22.5. The number of rotatable bonds is 6. The van der Waals surface area contributed by atoms with Crippen molar-refractivity contribution >= 4 is 50.2 Å². The van der Waals surface area contributed by atoms with Crippen molar-refractivity contribution in [3.8, 4) is 5.69 Å². The van der Waals surface area contributed by atoms with E-state index < -0.39 is 0 Å². The molecule has 0 atom stereocenters. The number of thioether (sulfide) groups is 1. The number of aromatic nitrogens is 2. The number of amides is 1. The maximum Gasteiger partial charge on any atom is 0.266 e. The van der Waals surface area contributed by atoms with Crippen LogP contribution in [0, 0.1) is 0 Å². The van der Waals surface area contributed by atoms with Crippen LogP contribution in [0.5, 0.6) is 0 Å². The second-order valence-electron chi connectivity index (χ2n) is 6.92. The molecule has 0 aliphatic carbocycles. The van der Waals surface area contributed by atoms with Crippen molar-refractivity contribution in [1.82, 2.24) is 15.0 Å². The monoisotopic (exact) mass is 506 g/mol. The van der Waals surface area contributed by atoms with E-state index in [-0.39, 0.29) is 17.2 Å². The molecule has 0 aliphatic rings. The Kier molecular flexibility index (Phi) is 6.82. The summed E-state index contributed by atoms with van der Waals surface area (Å²) in [5, 5.41) is 5.16. The van der Waals surface area contributed by atoms with Crippen LogP contribution in [-0.2, 0) is 4.79 Å². The zero-order valence-electron chi connectivity index (χ0n) is 17.2. The number of nitrogens with zero attached hydrogens (tertiary/aromatic N) is 3. The summed E-state index contributed by atoms with van der Waals surface area (Å²) in [4.78, 5) is 30.3. The Morgan fingerprint density at radius 2 is 1.72 bits per heavy atom. The molecule has 0 saturated carbocycles. The Bertz CT molecular complexity index is 1350. The fraction of sp³-hybridized carbons (Fsp3) is 0.0833. The number of halogens is 1. The minimum atomic E-state index is -0.284. The van der Waals surface area contributed by atoms with Gasteiger partial charge in [0.25, 0.3) is 11.5 Å². The molecule has 6 nitrogen and oxygen atoms in total. The minimum Gasteiger partial charge on any atom is -0.272 e. The van der Waals surface area contributed by atoms with E-state index in [4.69, 9.17) is 0 Å². The Labute approximate surface area is 197 Å². The van der Waals surface area contributed by atoms with Gasteiger partial charge in [0.05, 0.1) is 28.1 Å². The van der Waals surface area contributed by atoms with Gasteiger partial charge < -0.3 is 0 Å². The molecule has 0 spiro atoms. The first kappa shape index (κ1) is 22.0. The van der Waals surface area contributed by atoms with Crippen LogP contribution in [0.1, 0.15) is 12.5 Å². The number of nitrogens with one attached hydrogen (secondary N) is 1. The molecular formula is C24H19BrN4O2S. The lowest BCUT2D eigenvalue weighted by atomic mass is 10.1. The van der Waals surface area contributed by atoms with Crippen molar-refractivity contribution < 1.29 is 4.79 Å². The highest BCUT2D eigenvalue weighted by atomic mass is 79.9. The topological polar surface area (TPSA) is 76.3 Å². The van der Waals surface area contributed by atoms with Crippen LogP contribution in [0.2, 0.25) is 0 Å². The van der Waals surface area contributed by atoms with Gasteiger partial charge in [-0.1, -0.05) is 70.2 Å². The van der Waals surface area contributed by atoms with E-state index in [1.54, 1.807) is 12.1 Å². The third-order valence-electron chi connectivity index (χ3n) is 4.70. The van der Waals surface area contributed by atoms with Gasteiger partial charge in [-0.15, -0.1) is 0 Å². The van der Waals surface area contributed by atoms with Gasteiger partial charge in [0, 0.05) is 4.47 Å². The third-order valence-corrected chi connectivity index (χ3v) is 6.17. The minimum absolute atomic E-state index is 0.0642. The fourth-order valence-electron chi connectivity index (χ4n) is 3.08. The molecule has 0 saturated heterocycles. The summed E-state index contributed by atoms with van der Waals surface area (Å²) in [6.07, 6.45) is 0. The molecule has 4 rings (SSSR count). The van der Waals surface area contributed by atoms with Gasteiger partial charge in [-0.2, -0.15) is 5.10 Å².